The van der Waals surface area contributed by atoms with E-state index in [9.17, 15) is 4.79 Å². The lowest BCUT2D eigenvalue weighted by atomic mass is 10.00. The van der Waals surface area contributed by atoms with Gasteiger partial charge in [-0.05, 0) is 49.6 Å². The standard InChI is InChI=1S/C23H23N3O/c1-17-22(18(2)26(24-17)21-10-4-3-5-11-21)12-13-23(27)25-15-14-19-8-6-7-9-20(19)16-25/h3-13H,14-16H2,1-2H3/b13-12+. The molecule has 3 aromatic rings. The molecular formula is C23H23N3O. The van der Waals surface area contributed by atoms with E-state index in [2.05, 4.69) is 23.3 Å². The van der Waals surface area contributed by atoms with E-state index in [-0.39, 0.29) is 5.91 Å². The maximum atomic E-state index is 12.7. The van der Waals surface area contributed by atoms with Gasteiger partial charge in [-0.25, -0.2) is 4.68 Å². The molecule has 4 heteroatoms. The number of para-hydroxylation sites is 1. The van der Waals surface area contributed by atoms with Crippen molar-refractivity contribution in [1.29, 1.82) is 0 Å². The molecule has 0 unspecified atom stereocenters. The van der Waals surface area contributed by atoms with Gasteiger partial charge in [0, 0.05) is 30.4 Å². The molecule has 1 aliphatic heterocycles. The van der Waals surface area contributed by atoms with Gasteiger partial charge in [-0.1, -0.05) is 42.5 Å². The van der Waals surface area contributed by atoms with Gasteiger partial charge in [0.25, 0.3) is 0 Å². The number of amides is 1. The number of nitrogens with zero attached hydrogens (tertiary/aromatic N) is 3. The van der Waals surface area contributed by atoms with Crippen LogP contribution in [0.5, 0.6) is 0 Å². The molecule has 0 saturated heterocycles. The van der Waals surface area contributed by atoms with Crippen molar-refractivity contribution < 1.29 is 4.79 Å². The molecule has 1 amide bonds. The molecule has 4 nitrogen and oxygen atoms in total. The van der Waals surface area contributed by atoms with E-state index < -0.39 is 0 Å². The van der Waals surface area contributed by atoms with Crippen molar-refractivity contribution >= 4 is 12.0 Å². The first-order chi connectivity index (χ1) is 13.1. The van der Waals surface area contributed by atoms with Crippen LogP contribution in [0.25, 0.3) is 11.8 Å². The van der Waals surface area contributed by atoms with E-state index in [1.165, 1.54) is 11.1 Å². The second kappa shape index (κ2) is 7.23. The Morgan fingerprint density at radius 1 is 1.00 bits per heavy atom. The fourth-order valence-electron chi connectivity index (χ4n) is 3.66. The number of fused-ring (bicyclic) bond motifs is 1. The fraction of sp³-hybridized carbons (Fsp3) is 0.217. The van der Waals surface area contributed by atoms with Crippen LogP contribution in [-0.2, 0) is 17.8 Å². The molecule has 0 atom stereocenters. The van der Waals surface area contributed by atoms with Crippen LogP contribution in [0.15, 0.2) is 60.7 Å². The van der Waals surface area contributed by atoms with Crippen LogP contribution >= 0.6 is 0 Å². The number of carbonyl (C=O) groups is 1. The van der Waals surface area contributed by atoms with Gasteiger partial charge in [0.1, 0.15) is 0 Å². The highest BCUT2D eigenvalue weighted by Gasteiger charge is 2.19. The van der Waals surface area contributed by atoms with Crippen molar-refractivity contribution in [1.82, 2.24) is 14.7 Å². The minimum Gasteiger partial charge on any atom is -0.334 e. The summed E-state index contributed by atoms with van der Waals surface area (Å²) in [5.41, 5.74) is 6.58. The molecule has 0 bridgehead atoms. The predicted octanol–water partition coefficient (Wildman–Crippen LogP) is 4.09. The predicted molar refractivity (Wildman–Crippen MR) is 108 cm³/mol. The monoisotopic (exact) mass is 357 g/mol. The highest BCUT2D eigenvalue weighted by atomic mass is 16.2. The van der Waals surface area contributed by atoms with Crippen molar-refractivity contribution in [3.05, 3.63) is 88.8 Å². The van der Waals surface area contributed by atoms with Crippen LogP contribution < -0.4 is 0 Å². The third-order valence-corrected chi connectivity index (χ3v) is 5.18. The Morgan fingerprint density at radius 2 is 1.70 bits per heavy atom. The van der Waals surface area contributed by atoms with Crippen LogP contribution in [0.4, 0.5) is 0 Å². The molecule has 0 saturated carbocycles. The summed E-state index contributed by atoms with van der Waals surface area (Å²) < 4.78 is 1.93. The first kappa shape index (κ1) is 17.3. The maximum absolute atomic E-state index is 12.7. The van der Waals surface area contributed by atoms with Crippen molar-refractivity contribution in [2.24, 2.45) is 0 Å². The van der Waals surface area contributed by atoms with E-state index in [4.69, 9.17) is 0 Å². The Bertz CT molecular complexity index is 1000. The molecular weight excluding hydrogens is 334 g/mol. The molecule has 27 heavy (non-hydrogen) atoms. The zero-order chi connectivity index (χ0) is 18.8. The lowest BCUT2D eigenvalue weighted by molar-refractivity contribution is -0.126. The summed E-state index contributed by atoms with van der Waals surface area (Å²) in [4.78, 5) is 14.6. The highest BCUT2D eigenvalue weighted by Crippen LogP contribution is 2.21. The summed E-state index contributed by atoms with van der Waals surface area (Å²) in [5.74, 6) is 0.0516. The van der Waals surface area contributed by atoms with Crippen molar-refractivity contribution in [2.75, 3.05) is 6.54 Å². The molecule has 136 valence electrons. The van der Waals surface area contributed by atoms with E-state index in [0.29, 0.717) is 6.54 Å². The zero-order valence-corrected chi connectivity index (χ0v) is 15.7. The molecule has 1 aliphatic rings. The van der Waals surface area contributed by atoms with E-state index in [1.807, 2.05) is 65.9 Å². The summed E-state index contributed by atoms with van der Waals surface area (Å²) in [6, 6.07) is 18.4. The number of benzene rings is 2. The largest absolute Gasteiger partial charge is 0.334 e. The number of rotatable bonds is 3. The second-order valence-electron chi connectivity index (χ2n) is 6.94. The van der Waals surface area contributed by atoms with Gasteiger partial charge >= 0.3 is 0 Å². The van der Waals surface area contributed by atoms with Gasteiger partial charge in [0.05, 0.1) is 11.4 Å². The van der Waals surface area contributed by atoms with Crippen molar-refractivity contribution in [3.8, 4) is 5.69 Å². The number of carbonyl (C=O) groups excluding carboxylic acids is 1. The Kier molecular flexibility index (Phi) is 4.63. The van der Waals surface area contributed by atoms with E-state index in [1.54, 1.807) is 6.08 Å². The SMILES string of the molecule is Cc1nn(-c2ccccc2)c(C)c1/C=C/C(=O)N1CCc2ccccc2C1. The highest BCUT2D eigenvalue weighted by molar-refractivity contribution is 5.92. The average molecular weight is 357 g/mol. The maximum Gasteiger partial charge on any atom is 0.246 e. The summed E-state index contributed by atoms with van der Waals surface area (Å²) in [6.45, 7) is 5.46. The summed E-state index contributed by atoms with van der Waals surface area (Å²) in [7, 11) is 0. The normalized spacial score (nSPS) is 13.8. The summed E-state index contributed by atoms with van der Waals surface area (Å²) >= 11 is 0. The average Bonchev–Trinajstić information content (AvgIpc) is 3.00. The topological polar surface area (TPSA) is 38.1 Å². The van der Waals surface area contributed by atoms with Gasteiger partial charge in [-0.2, -0.15) is 5.10 Å². The minimum absolute atomic E-state index is 0.0516. The van der Waals surface area contributed by atoms with Crippen molar-refractivity contribution in [3.63, 3.8) is 0 Å². The third kappa shape index (κ3) is 3.43. The smallest absolute Gasteiger partial charge is 0.246 e. The molecule has 0 spiro atoms. The molecule has 2 aromatic carbocycles. The van der Waals surface area contributed by atoms with Crippen LogP contribution in [-0.4, -0.2) is 27.1 Å². The Balaban J connectivity index is 1.54. The molecule has 0 fully saturated rings. The van der Waals surface area contributed by atoms with Gasteiger partial charge in [0.2, 0.25) is 5.91 Å². The Hall–Kier alpha value is -3.14. The quantitative estimate of drug-likeness (QED) is 0.662. The van der Waals surface area contributed by atoms with Gasteiger partial charge in [-0.15, -0.1) is 0 Å². The second-order valence-corrected chi connectivity index (χ2v) is 6.94. The fourth-order valence-corrected chi connectivity index (χ4v) is 3.66. The van der Waals surface area contributed by atoms with E-state index in [0.717, 1.165) is 35.6 Å². The van der Waals surface area contributed by atoms with Crippen LogP contribution in [0.1, 0.15) is 28.1 Å². The van der Waals surface area contributed by atoms with Gasteiger partial charge in [0.15, 0.2) is 0 Å². The Morgan fingerprint density at radius 3 is 2.48 bits per heavy atom. The number of aryl methyl sites for hydroxylation is 1. The lowest BCUT2D eigenvalue weighted by Crippen LogP contribution is -2.34. The van der Waals surface area contributed by atoms with Crippen LogP contribution in [0.3, 0.4) is 0 Å². The van der Waals surface area contributed by atoms with Gasteiger partial charge < -0.3 is 4.90 Å². The molecule has 2 heterocycles. The first-order valence-electron chi connectivity index (χ1n) is 9.29. The van der Waals surface area contributed by atoms with Crippen LogP contribution in [0.2, 0.25) is 0 Å². The summed E-state index contributed by atoms with van der Waals surface area (Å²) in [6.07, 6.45) is 4.50. The number of hydrogen-bond acceptors (Lipinski definition) is 2. The van der Waals surface area contributed by atoms with Crippen molar-refractivity contribution in [2.45, 2.75) is 26.8 Å². The number of aromatic nitrogens is 2. The molecule has 1 aromatic heterocycles. The molecule has 0 aliphatic carbocycles. The summed E-state index contributed by atoms with van der Waals surface area (Å²) in [5, 5.41) is 4.64. The molecule has 0 N–H and O–H groups in total. The molecule has 4 rings (SSSR count). The first-order valence-corrected chi connectivity index (χ1v) is 9.29. The minimum atomic E-state index is 0.0516. The third-order valence-electron chi connectivity index (χ3n) is 5.18. The number of hydrogen-bond donors (Lipinski definition) is 0. The zero-order valence-electron chi connectivity index (χ0n) is 15.7. The van der Waals surface area contributed by atoms with E-state index >= 15 is 0 Å². The molecule has 0 radical (unpaired) electrons. The Labute approximate surface area is 159 Å². The van der Waals surface area contributed by atoms with Crippen LogP contribution in [0, 0.1) is 13.8 Å². The lowest BCUT2D eigenvalue weighted by Gasteiger charge is -2.27. The van der Waals surface area contributed by atoms with Gasteiger partial charge in [-0.3, -0.25) is 4.79 Å².